The third-order valence-electron chi connectivity index (χ3n) is 4.57. The Hall–Kier alpha value is -3.49. The first kappa shape index (κ1) is 18.9. The summed E-state index contributed by atoms with van der Waals surface area (Å²) in [6.07, 6.45) is 6.09. The Balaban J connectivity index is 1.55. The molecule has 0 spiro atoms. The highest BCUT2D eigenvalue weighted by Crippen LogP contribution is 2.26. The number of carbonyl (C=O) groups excluding carboxylic acids is 1. The molecule has 2 aromatic heterocycles. The molecule has 0 bridgehead atoms. The van der Waals surface area contributed by atoms with Crippen molar-refractivity contribution in [3.8, 4) is 17.4 Å². The molecular formula is C20H17F2N5O2. The van der Waals surface area contributed by atoms with E-state index in [0.29, 0.717) is 19.4 Å². The number of carbonyl (C=O) groups is 1. The second kappa shape index (κ2) is 8.26. The van der Waals surface area contributed by atoms with Crippen LogP contribution in [0.2, 0.25) is 0 Å². The fraction of sp³-hybridized carbons (Fsp3) is 0.250. The number of halogens is 2. The summed E-state index contributed by atoms with van der Waals surface area (Å²) in [5.74, 6) is -1.30. The van der Waals surface area contributed by atoms with Gasteiger partial charge in [0.15, 0.2) is 11.6 Å². The van der Waals surface area contributed by atoms with Crippen LogP contribution in [-0.4, -0.2) is 49.9 Å². The summed E-state index contributed by atoms with van der Waals surface area (Å²) < 4.78 is 33.2. The van der Waals surface area contributed by atoms with E-state index in [2.05, 4.69) is 19.9 Å². The molecule has 1 aliphatic heterocycles. The summed E-state index contributed by atoms with van der Waals surface area (Å²) in [6, 6.07) is 5.99. The summed E-state index contributed by atoms with van der Waals surface area (Å²) in [6.45, 7) is 0.791. The molecule has 7 nitrogen and oxygen atoms in total. The first-order chi connectivity index (χ1) is 14.1. The van der Waals surface area contributed by atoms with E-state index in [4.69, 9.17) is 4.74 Å². The minimum atomic E-state index is -0.563. The van der Waals surface area contributed by atoms with Gasteiger partial charge < -0.3 is 9.64 Å². The lowest BCUT2D eigenvalue weighted by Gasteiger charge is -2.32. The summed E-state index contributed by atoms with van der Waals surface area (Å²) in [7, 11) is 0. The zero-order valence-electron chi connectivity index (χ0n) is 15.3. The minimum absolute atomic E-state index is 0.0508. The van der Waals surface area contributed by atoms with Crippen LogP contribution in [-0.2, 0) is 0 Å². The molecule has 29 heavy (non-hydrogen) atoms. The third kappa shape index (κ3) is 4.18. The number of rotatable bonds is 4. The standard InChI is InChI=1S/C20H17F2N5O2/c21-13-10-25-20(26-11-13)29-14-4-2-9-27(12-14)19(28)15-5-1-6-16(22)17(15)18-23-7-3-8-24-18/h1,3,5-8,10-11,14H,2,4,9,12H2. The van der Waals surface area contributed by atoms with Gasteiger partial charge in [-0.1, -0.05) is 6.07 Å². The van der Waals surface area contributed by atoms with Crippen LogP contribution in [0.5, 0.6) is 6.01 Å². The molecule has 3 heterocycles. The highest BCUT2D eigenvalue weighted by atomic mass is 19.1. The first-order valence-corrected chi connectivity index (χ1v) is 9.11. The summed E-state index contributed by atoms with van der Waals surface area (Å²) >= 11 is 0. The lowest BCUT2D eigenvalue weighted by atomic mass is 10.0. The molecule has 1 amide bonds. The van der Waals surface area contributed by atoms with E-state index in [-0.39, 0.29) is 41.5 Å². The number of likely N-dealkylation sites (tertiary alicyclic amines) is 1. The first-order valence-electron chi connectivity index (χ1n) is 9.11. The van der Waals surface area contributed by atoms with Crippen LogP contribution in [0.4, 0.5) is 8.78 Å². The van der Waals surface area contributed by atoms with E-state index >= 15 is 0 Å². The second-order valence-corrected chi connectivity index (χ2v) is 6.55. The normalized spacial score (nSPS) is 16.5. The van der Waals surface area contributed by atoms with Gasteiger partial charge in [0, 0.05) is 18.9 Å². The number of hydrogen-bond acceptors (Lipinski definition) is 6. The molecule has 4 rings (SSSR count). The van der Waals surface area contributed by atoms with E-state index in [0.717, 1.165) is 12.4 Å². The molecule has 9 heteroatoms. The number of aromatic nitrogens is 4. The van der Waals surface area contributed by atoms with Crippen molar-refractivity contribution in [2.75, 3.05) is 13.1 Å². The summed E-state index contributed by atoms with van der Waals surface area (Å²) in [4.78, 5) is 30.5. The zero-order chi connectivity index (χ0) is 20.2. The Labute approximate surface area is 165 Å². The van der Waals surface area contributed by atoms with Crippen LogP contribution >= 0.6 is 0 Å². The van der Waals surface area contributed by atoms with Gasteiger partial charge in [0.2, 0.25) is 0 Å². The highest BCUT2D eigenvalue weighted by molar-refractivity contribution is 6.00. The molecule has 1 aliphatic rings. The van der Waals surface area contributed by atoms with Crippen molar-refractivity contribution in [3.05, 3.63) is 66.3 Å². The Morgan fingerprint density at radius 3 is 2.59 bits per heavy atom. The molecule has 0 saturated carbocycles. The molecular weight excluding hydrogens is 380 g/mol. The van der Waals surface area contributed by atoms with Gasteiger partial charge in [-0.3, -0.25) is 4.79 Å². The average Bonchev–Trinajstić information content (AvgIpc) is 2.75. The lowest BCUT2D eigenvalue weighted by molar-refractivity contribution is 0.0515. The maximum Gasteiger partial charge on any atom is 0.316 e. The molecule has 1 unspecified atom stereocenters. The van der Waals surface area contributed by atoms with E-state index < -0.39 is 11.6 Å². The Kier molecular flexibility index (Phi) is 5.37. The highest BCUT2D eigenvalue weighted by Gasteiger charge is 2.29. The predicted molar refractivity (Wildman–Crippen MR) is 99.0 cm³/mol. The van der Waals surface area contributed by atoms with Crippen LogP contribution in [0.15, 0.2) is 49.1 Å². The quantitative estimate of drug-likeness (QED) is 0.673. The molecule has 0 aliphatic carbocycles. The zero-order valence-corrected chi connectivity index (χ0v) is 15.3. The summed E-state index contributed by atoms with van der Waals surface area (Å²) in [5.41, 5.74) is 0.262. The predicted octanol–water partition coefficient (Wildman–Crippen LogP) is 2.90. The van der Waals surface area contributed by atoms with E-state index in [1.54, 1.807) is 17.0 Å². The fourth-order valence-corrected chi connectivity index (χ4v) is 3.26. The van der Waals surface area contributed by atoms with Crippen molar-refractivity contribution < 1.29 is 18.3 Å². The number of nitrogens with zero attached hydrogens (tertiary/aromatic N) is 5. The van der Waals surface area contributed by atoms with Gasteiger partial charge in [0.1, 0.15) is 11.9 Å². The van der Waals surface area contributed by atoms with Gasteiger partial charge in [-0.25, -0.2) is 28.7 Å². The van der Waals surface area contributed by atoms with E-state index in [1.807, 2.05) is 0 Å². The van der Waals surface area contributed by atoms with Crippen molar-refractivity contribution in [3.63, 3.8) is 0 Å². The number of amides is 1. The van der Waals surface area contributed by atoms with Crippen LogP contribution in [0, 0.1) is 11.6 Å². The van der Waals surface area contributed by atoms with Gasteiger partial charge in [0.05, 0.1) is 30.1 Å². The Morgan fingerprint density at radius 2 is 1.83 bits per heavy atom. The number of benzene rings is 1. The van der Waals surface area contributed by atoms with Crippen LogP contribution in [0.25, 0.3) is 11.4 Å². The maximum atomic E-state index is 14.5. The van der Waals surface area contributed by atoms with E-state index in [1.165, 1.54) is 24.5 Å². The van der Waals surface area contributed by atoms with Gasteiger partial charge in [-0.05, 0) is 31.0 Å². The molecule has 1 fully saturated rings. The van der Waals surface area contributed by atoms with Crippen LogP contribution < -0.4 is 4.74 Å². The number of hydrogen-bond donors (Lipinski definition) is 0. The average molecular weight is 397 g/mol. The second-order valence-electron chi connectivity index (χ2n) is 6.55. The van der Waals surface area contributed by atoms with Crippen LogP contribution in [0.1, 0.15) is 23.2 Å². The SMILES string of the molecule is O=C(c1cccc(F)c1-c1ncccn1)N1CCCC(Oc2ncc(F)cn2)C1. The molecule has 3 aromatic rings. The largest absolute Gasteiger partial charge is 0.458 e. The topological polar surface area (TPSA) is 81.1 Å². The molecule has 1 saturated heterocycles. The maximum absolute atomic E-state index is 14.5. The molecule has 0 radical (unpaired) electrons. The smallest absolute Gasteiger partial charge is 0.316 e. The van der Waals surface area contributed by atoms with Gasteiger partial charge in [0.25, 0.3) is 5.91 Å². The number of ether oxygens (including phenoxy) is 1. The monoisotopic (exact) mass is 397 g/mol. The van der Waals surface area contributed by atoms with Crippen LogP contribution in [0.3, 0.4) is 0 Å². The van der Waals surface area contributed by atoms with Gasteiger partial charge in [-0.15, -0.1) is 0 Å². The Morgan fingerprint density at radius 1 is 1.07 bits per heavy atom. The van der Waals surface area contributed by atoms with Crippen molar-refractivity contribution >= 4 is 5.91 Å². The Bertz CT molecular complexity index is 1000. The van der Waals surface area contributed by atoms with Crippen molar-refractivity contribution in [1.29, 1.82) is 0 Å². The van der Waals surface area contributed by atoms with Gasteiger partial charge in [-0.2, -0.15) is 0 Å². The summed E-state index contributed by atoms with van der Waals surface area (Å²) in [5, 5.41) is 0. The molecule has 148 valence electrons. The molecule has 1 aromatic carbocycles. The third-order valence-corrected chi connectivity index (χ3v) is 4.57. The van der Waals surface area contributed by atoms with Crippen molar-refractivity contribution in [2.24, 2.45) is 0 Å². The fourth-order valence-electron chi connectivity index (χ4n) is 3.26. The van der Waals surface area contributed by atoms with E-state index in [9.17, 15) is 13.6 Å². The minimum Gasteiger partial charge on any atom is -0.458 e. The lowest BCUT2D eigenvalue weighted by Crippen LogP contribution is -2.44. The molecule has 0 N–H and O–H groups in total. The van der Waals surface area contributed by atoms with Crippen molar-refractivity contribution in [1.82, 2.24) is 24.8 Å². The molecule has 1 atom stereocenters. The number of piperidine rings is 1. The van der Waals surface area contributed by atoms with Gasteiger partial charge >= 0.3 is 6.01 Å². The van der Waals surface area contributed by atoms with Crippen molar-refractivity contribution in [2.45, 2.75) is 18.9 Å².